The zero-order chi connectivity index (χ0) is 31.8. The summed E-state index contributed by atoms with van der Waals surface area (Å²) in [6.07, 6.45) is -0.0694. The molecule has 3 rings (SSSR count). The van der Waals surface area contributed by atoms with Crippen LogP contribution in [0.3, 0.4) is 0 Å². The van der Waals surface area contributed by atoms with Crippen LogP contribution in [0.25, 0.3) is 11.6 Å². The molecule has 44 heavy (non-hydrogen) atoms. The van der Waals surface area contributed by atoms with Gasteiger partial charge >= 0.3 is 17.9 Å². The van der Waals surface area contributed by atoms with Crippen LogP contribution in [0.1, 0.15) is 43.4 Å². The van der Waals surface area contributed by atoms with Crippen molar-refractivity contribution in [3.63, 3.8) is 0 Å². The minimum Gasteiger partial charge on any atom is -0.497 e. The first-order chi connectivity index (χ1) is 20.5. The Morgan fingerprint density at radius 1 is 0.773 bits per heavy atom. The number of methoxy groups -OCH3 is 1. The van der Waals surface area contributed by atoms with Gasteiger partial charge in [-0.25, -0.2) is 4.79 Å². The first kappa shape index (κ1) is 37.3. The highest BCUT2D eigenvalue weighted by molar-refractivity contribution is 5.91. The summed E-state index contributed by atoms with van der Waals surface area (Å²) in [6, 6.07) is 27.0. The highest BCUT2D eigenvalue weighted by atomic mass is 16.5. The van der Waals surface area contributed by atoms with Crippen LogP contribution in [0.15, 0.2) is 78.9 Å². The Morgan fingerprint density at radius 3 is 1.73 bits per heavy atom. The molecule has 11 heteroatoms. The van der Waals surface area contributed by atoms with Crippen LogP contribution in [0.5, 0.6) is 11.5 Å². The van der Waals surface area contributed by atoms with Crippen molar-refractivity contribution in [3.05, 3.63) is 95.6 Å². The fraction of sp³-hybridized carbons (Fsp3) is 0.303. The fourth-order valence-corrected chi connectivity index (χ4v) is 4.10. The topological polar surface area (TPSA) is 185 Å². The Hall–Kier alpha value is -4.71. The molecule has 238 valence electrons. The van der Waals surface area contributed by atoms with Gasteiger partial charge in [-0.1, -0.05) is 68.4 Å². The number of carboxylic acid groups (broad SMARTS) is 3. The molecule has 0 aromatic heterocycles. The standard InChI is InChI=1S/C27H31NO2.C6H8O7.H2O/c1-4-28(5-2)19-20-30-26-15-11-22(12-16-26)21-27(23-9-7-6-8-10-23)24-13-17-25(29-3)18-14-24;7-3(8)1-6(13,5(11)12)2-4(9)10;/h6-18,21H,4-5,19-20H2,1-3H3;13H,1-2H2,(H,7,8)(H,9,10)(H,11,12);1H2. The second kappa shape index (κ2) is 18.7. The Morgan fingerprint density at radius 2 is 1.27 bits per heavy atom. The Balaban J connectivity index is 0.000000588. The van der Waals surface area contributed by atoms with E-state index in [2.05, 4.69) is 73.4 Å². The average Bonchev–Trinajstić information content (AvgIpc) is 2.99. The fourth-order valence-electron chi connectivity index (χ4n) is 4.10. The molecule has 0 aliphatic rings. The number of hydrogen-bond donors (Lipinski definition) is 4. The summed E-state index contributed by atoms with van der Waals surface area (Å²) in [6.45, 7) is 8.12. The second-order valence-corrected chi connectivity index (χ2v) is 9.57. The number of likely N-dealkylation sites (N-methyl/N-ethyl adjacent to an activating group) is 1. The highest BCUT2D eigenvalue weighted by Crippen LogP contribution is 2.28. The number of ether oxygens (including phenoxy) is 2. The molecule has 0 bridgehead atoms. The van der Waals surface area contributed by atoms with E-state index in [1.54, 1.807) is 7.11 Å². The van der Waals surface area contributed by atoms with Crippen molar-refractivity contribution in [3.8, 4) is 11.5 Å². The first-order valence-corrected chi connectivity index (χ1v) is 13.8. The van der Waals surface area contributed by atoms with E-state index >= 15 is 0 Å². The van der Waals surface area contributed by atoms with Crippen LogP contribution in [0, 0.1) is 0 Å². The molecule has 0 fully saturated rings. The summed E-state index contributed by atoms with van der Waals surface area (Å²) in [5, 5.41) is 33.8. The number of rotatable bonds is 15. The van der Waals surface area contributed by atoms with E-state index in [9.17, 15) is 14.4 Å². The van der Waals surface area contributed by atoms with Crippen molar-refractivity contribution >= 4 is 29.6 Å². The Bertz CT molecular complexity index is 1320. The first-order valence-electron chi connectivity index (χ1n) is 13.8. The summed E-state index contributed by atoms with van der Waals surface area (Å²) in [7, 11) is 1.69. The van der Waals surface area contributed by atoms with Crippen LogP contribution in [-0.4, -0.2) is 87.7 Å². The average molecular weight is 612 g/mol. The summed E-state index contributed by atoms with van der Waals surface area (Å²) in [5.74, 6) is -3.25. The van der Waals surface area contributed by atoms with Gasteiger partial charge in [0.25, 0.3) is 0 Å². The van der Waals surface area contributed by atoms with E-state index in [1.807, 2.05) is 30.3 Å². The highest BCUT2D eigenvalue weighted by Gasteiger charge is 2.40. The lowest BCUT2D eigenvalue weighted by Gasteiger charge is -2.18. The molecule has 0 heterocycles. The van der Waals surface area contributed by atoms with Gasteiger partial charge in [-0.2, -0.15) is 0 Å². The van der Waals surface area contributed by atoms with Crippen molar-refractivity contribution in [2.75, 3.05) is 33.4 Å². The SMILES string of the molecule is CCN(CC)CCOc1ccc(C=C(c2ccccc2)c2ccc(OC)cc2)cc1.O.O=C(O)CC(O)(CC(=O)O)C(=O)O. The van der Waals surface area contributed by atoms with Crippen LogP contribution in [-0.2, 0) is 14.4 Å². The van der Waals surface area contributed by atoms with E-state index in [-0.39, 0.29) is 5.48 Å². The number of aliphatic carboxylic acids is 3. The number of benzene rings is 3. The molecule has 0 aliphatic carbocycles. The number of aliphatic hydroxyl groups is 1. The van der Waals surface area contributed by atoms with Crippen molar-refractivity contribution < 1.29 is 49.8 Å². The molecule has 0 unspecified atom stereocenters. The van der Waals surface area contributed by atoms with Crippen LogP contribution >= 0.6 is 0 Å². The molecular formula is C33H41NO10. The summed E-state index contributed by atoms with van der Waals surface area (Å²) in [5.41, 5.74) is 1.91. The molecule has 0 saturated heterocycles. The van der Waals surface area contributed by atoms with Crippen molar-refractivity contribution in [2.45, 2.75) is 32.3 Å². The third-order valence-corrected chi connectivity index (χ3v) is 6.53. The maximum Gasteiger partial charge on any atom is 0.336 e. The van der Waals surface area contributed by atoms with Crippen LogP contribution < -0.4 is 9.47 Å². The molecule has 3 aromatic rings. The van der Waals surface area contributed by atoms with E-state index in [4.69, 9.17) is 29.9 Å². The molecule has 6 N–H and O–H groups in total. The molecule has 11 nitrogen and oxygen atoms in total. The maximum absolute atomic E-state index is 10.3. The Kier molecular flexibility index (Phi) is 15.9. The van der Waals surface area contributed by atoms with E-state index < -0.39 is 36.4 Å². The molecule has 0 saturated carbocycles. The van der Waals surface area contributed by atoms with Gasteiger partial charge in [0.05, 0.1) is 20.0 Å². The van der Waals surface area contributed by atoms with Gasteiger partial charge in [-0.05, 0) is 65.7 Å². The lowest BCUT2D eigenvalue weighted by molar-refractivity contribution is -0.170. The monoisotopic (exact) mass is 611 g/mol. The summed E-state index contributed by atoms with van der Waals surface area (Å²) in [4.78, 5) is 32.8. The molecule has 0 radical (unpaired) electrons. The smallest absolute Gasteiger partial charge is 0.336 e. The van der Waals surface area contributed by atoms with Gasteiger partial charge < -0.3 is 40.3 Å². The van der Waals surface area contributed by atoms with Gasteiger partial charge in [0.2, 0.25) is 0 Å². The van der Waals surface area contributed by atoms with Gasteiger partial charge in [0, 0.05) is 6.54 Å². The van der Waals surface area contributed by atoms with Gasteiger partial charge in [-0.15, -0.1) is 0 Å². The largest absolute Gasteiger partial charge is 0.497 e. The third-order valence-electron chi connectivity index (χ3n) is 6.53. The number of hydrogen-bond acceptors (Lipinski definition) is 7. The normalized spacial score (nSPS) is 11.1. The molecule has 3 aromatic carbocycles. The molecule has 0 aliphatic heterocycles. The van der Waals surface area contributed by atoms with Crippen molar-refractivity contribution in [1.29, 1.82) is 0 Å². The zero-order valence-corrected chi connectivity index (χ0v) is 25.1. The molecule has 0 amide bonds. The van der Waals surface area contributed by atoms with Gasteiger partial charge in [-0.3, -0.25) is 9.59 Å². The lowest BCUT2D eigenvalue weighted by Crippen LogP contribution is -2.42. The van der Waals surface area contributed by atoms with Crippen molar-refractivity contribution in [1.82, 2.24) is 4.90 Å². The second-order valence-electron chi connectivity index (χ2n) is 9.57. The molecule has 0 atom stereocenters. The van der Waals surface area contributed by atoms with Crippen LogP contribution in [0.2, 0.25) is 0 Å². The Labute approximate surface area is 256 Å². The number of nitrogens with zero attached hydrogens (tertiary/aromatic N) is 1. The van der Waals surface area contributed by atoms with Gasteiger partial charge in [0.1, 0.15) is 18.1 Å². The maximum atomic E-state index is 10.3. The van der Waals surface area contributed by atoms with Crippen LogP contribution in [0.4, 0.5) is 0 Å². The quantitative estimate of drug-likeness (QED) is 0.184. The summed E-state index contributed by atoms with van der Waals surface area (Å²) < 4.78 is 11.2. The van der Waals surface area contributed by atoms with E-state index in [0.29, 0.717) is 6.61 Å². The predicted octanol–water partition coefficient (Wildman–Crippen LogP) is 3.93. The minimum absolute atomic E-state index is 0. The molecular weight excluding hydrogens is 570 g/mol. The zero-order valence-electron chi connectivity index (χ0n) is 25.1. The van der Waals surface area contributed by atoms with E-state index in [1.165, 1.54) is 11.1 Å². The minimum atomic E-state index is -2.74. The number of carbonyl (C=O) groups is 3. The number of carboxylic acids is 3. The summed E-state index contributed by atoms with van der Waals surface area (Å²) >= 11 is 0. The molecule has 0 spiro atoms. The van der Waals surface area contributed by atoms with Gasteiger partial charge in [0.15, 0.2) is 5.60 Å². The third kappa shape index (κ3) is 12.3. The van der Waals surface area contributed by atoms with E-state index in [0.717, 1.165) is 42.3 Å². The van der Waals surface area contributed by atoms with Crippen molar-refractivity contribution in [2.24, 2.45) is 0 Å². The predicted molar refractivity (Wildman–Crippen MR) is 167 cm³/mol. The lowest BCUT2D eigenvalue weighted by atomic mass is 9.95.